The van der Waals surface area contributed by atoms with Crippen LogP contribution >= 0.6 is 0 Å². The van der Waals surface area contributed by atoms with Crippen LogP contribution in [0.25, 0.3) is 0 Å². The lowest BCUT2D eigenvalue weighted by Gasteiger charge is -2.43. The Morgan fingerprint density at radius 3 is 2.28 bits per heavy atom. The number of rotatable bonds is 5. The van der Waals surface area contributed by atoms with E-state index in [1.807, 2.05) is 42.8 Å². The van der Waals surface area contributed by atoms with Crippen molar-refractivity contribution < 1.29 is 22.4 Å². The lowest BCUT2D eigenvalue weighted by atomic mass is 9.97. The Kier molecular flexibility index (Phi) is 6.80. The number of fused-ring (bicyclic) bond motifs is 1. The standard InChI is InChI=1S/C28H27F4N3O/c1-15-6-7-16(2)27(32)23(15)14-35-18(4)34(5)17(3)21-9-8-19(10-26(21)35)28(36)33-13-22-24(30)11-20(29)12-25(22)31/h6-12,17H,4,13-14H2,1-3,5H3,(H,33,36). The molecule has 4 rings (SSSR count). The number of carbonyl (C=O) groups is 1. The summed E-state index contributed by atoms with van der Waals surface area (Å²) in [5, 5.41) is 2.49. The Hall–Kier alpha value is -3.81. The van der Waals surface area contributed by atoms with Gasteiger partial charge in [-0.05, 0) is 49.6 Å². The van der Waals surface area contributed by atoms with Gasteiger partial charge in [0, 0.05) is 48.1 Å². The largest absolute Gasteiger partial charge is 0.355 e. The molecule has 3 aromatic rings. The van der Waals surface area contributed by atoms with Crippen LogP contribution in [-0.2, 0) is 13.1 Å². The third-order valence-corrected chi connectivity index (χ3v) is 6.85. The SMILES string of the molecule is C=C1N(Cc2c(C)ccc(C)c2F)c2cc(C(=O)NCc3c(F)cc(F)cc3F)ccc2C(C)N1C. The Balaban J connectivity index is 1.67. The summed E-state index contributed by atoms with van der Waals surface area (Å²) in [6.45, 7) is 9.51. The van der Waals surface area contributed by atoms with Crippen molar-refractivity contribution in [3.05, 3.63) is 112 Å². The number of nitrogens with one attached hydrogen (secondary N) is 1. The van der Waals surface area contributed by atoms with Gasteiger partial charge in [-0.15, -0.1) is 0 Å². The minimum Gasteiger partial charge on any atom is -0.355 e. The fraction of sp³-hybridized carbons (Fsp3) is 0.250. The number of halogens is 4. The van der Waals surface area contributed by atoms with Crippen molar-refractivity contribution in [3.8, 4) is 0 Å². The molecule has 0 fully saturated rings. The van der Waals surface area contributed by atoms with Crippen LogP contribution in [0.15, 0.2) is 54.9 Å². The molecule has 0 bridgehead atoms. The van der Waals surface area contributed by atoms with E-state index in [1.165, 1.54) is 0 Å². The van der Waals surface area contributed by atoms with Crippen LogP contribution < -0.4 is 10.2 Å². The summed E-state index contributed by atoms with van der Waals surface area (Å²) >= 11 is 0. The van der Waals surface area contributed by atoms with Gasteiger partial charge in [-0.2, -0.15) is 0 Å². The smallest absolute Gasteiger partial charge is 0.251 e. The maximum Gasteiger partial charge on any atom is 0.251 e. The summed E-state index contributed by atoms with van der Waals surface area (Å²) in [7, 11) is 1.90. The summed E-state index contributed by atoms with van der Waals surface area (Å²) in [6, 6.07) is 9.78. The van der Waals surface area contributed by atoms with Crippen molar-refractivity contribution in [2.45, 2.75) is 39.9 Å². The molecule has 8 heteroatoms. The molecule has 0 aliphatic carbocycles. The van der Waals surface area contributed by atoms with E-state index in [4.69, 9.17) is 0 Å². The molecule has 188 valence electrons. The zero-order valence-corrected chi connectivity index (χ0v) is 20.6. The lowest BCUT2D eigenvalue weighted by molar-refractivity contribution is 0.0950. The van der Waals surface area contributed by atoms with Gasteiger partial charge in [-0.1, -0.05) is 24.8 Å². The first-order chi connectivity index (χ1) is 17.0. The van der Waals surface area contributed by atoms with E-state index in [9.17, 15) is 18.0 Å². The van der Waals surface area contributed by atoms with Crippen LogP contribution in [0, 0.1) is 37.1 Å². The second-order valence-corrected chi connectivity index (χ2v) is 9.09. The van der Waals surface area contributed by atoms with Crippen molar-refractivity contribution in [2.75, 3.05) is 11.9 Å². The van der Waals surface area contributed by atoms with Crippen LogP contribution in [0.1, 0.15) is 51.1 Å². The summed E-state index contributed by atoms with van der Waals surface area (Å²) < 4.78 is 56.2. The van der Waals surface area contributed by atoms with E-state index in [-0.39, 0.29) is 24.0 Å². The topological polar surface area (TPSA) is 35.6 Å². The molecule has 3 aromatic carbocycles. The number of hydrogen-bond donors (Lipinski definition) is 1. The monoisotopic (exact) mass is 497 g/mol. The van der Waals surface area contributed by atoms with Crippen LogP contribution in [0.5, 0.6) is 0 Å². The molecule has 1 N–H and O–H groups in total. The lowest BCUT2D eigenvalue weighted by Crippen LogP contribution is -2.39. The normalized spacial score (nSPS) is 15.2. The first-order valence-corrected chi connectivity index (χ1v) is 11.5. The predicted octanol–water partition coefficient (Wildman–Crippen LogP) is 6.27. The highest BCUT2D eigenvalue weighted by Crippen LogP contribution is 2.40. The van der Waals surface area contributed by atoms with E-state index in [1.54, 1.807) is 25.1 Å². The molecule has 0 aromatic heterocycles. The van der Waals surface area contributed by atoms with Gasteiger partial charge in [0.15, 0.2) is 0 Å². The van der Waals surface area contributed by atoms with Gasteiger partial charge in [0.2, 0.25) is 0 Å². The second-order valence-electron chi connectivity index (χ2n) is 9.09. The highest BCUT2D eigenvalue weighted by molar-refractivity contribution is 5.95. The first-order valence-electron chi connectivity index (χ1n) is 11.5. The van der Waals surface area contributed by atoms with E-state index in [2.05, 4.69) is 11.9 Å². The van der Waals surface area contributed by atoms with Crippen molar-refractivity contribution in [2.24, 2.45) is 0 Å². The molecule has 36 heavy (non-hydrogen) atoms. The first kappa shape index (κ1) is 25.3. The van der Waals surface area contributed by atoms with E-state index >= 15 is 4.39 Å². The Bertz CT molecular complexity index is 1350. The third kappa shape index (κ3) is 4.55. The molecule has 1 amide bonds. The Morgan fingerprint density at radius 2 is 1.61 bits per heavy atom. The summed E-state index contributed by atoms with van der Waals surface area (Å²) in [5.74, 6) is -3.39. The quantitative estimate of drug-likeness (QED) is 0.422. The van der Waals surface area contributed by atoms with Gasteiger partial charge < -0.3 is 15.1 Å². The van der Waals surface area contributed by atoms with Crippen LogP contribution in [-0.4, -0.2) is 17.9 Å². The Labute approximate surface area is 207 Å². The van der Waals surface area contributed by atoms with Crippen LogP contribution in [0.2, 0.25) is 0 Å². The average molecular weight is 498 g/mol. The zero-order chi connectivity index (χ0) is 26.3. The second kappa shape index (κ2) is 9.68. The number of benzene rings is 3. The van der Waals surface area contributed by atoms with Gasteiger partial charge in [0.1, 0.15) is 29.1 Å². The maximum atomic E-state index is 15.0. The number of aryl methyl sites for hydroxylation is 2. The molecule has 1 unspecified atom stereocenters. The highest BCUT2D eigenvalue weighted by atomic mass is 19.1. The van der Waals surface area contributed by atoms with Gasteiger partial charge in [0.25, 0.3) is 5.91 Å². The van der Waals surface area contributed by atoms with Crippen LogP contribution in [0.4, 0.5) is 23.2 Å². The van der Waals surface area contributed by atoms with Gasteiger partial charge in [-0.25, -0.2) is 17.6 Å². The molecule has 0 saturated heterocycles. The molecule has 0 spiro atoms. The van der Waals surface area contributed by atoms with Crippen molar-refractivity contribution in [3.63, 3.8) is 0 Å². The Morgan fingerprint density at radius 1 is 0.972 bits per heavy atom. The molecule has 1 heterocycles. The average Bonchev–Trinajstić information content (AvgIpc) is 2.83. The van der Waals surface area contributed by atoms with E-state index < -0.39 is 35.5 Å². The van der Waals surface area contributed by atoms with Crippen LogP contribution in [0.3, 0.4) is 0 Å². The van der Waals surface area contributed by atoms with Crippen molar-refractivity contribution in [1.29, 1.82) is 0 Å². The number of amides is 1. The maximum absolute atomic E-state index is 15.0. The van der Waals surface area contributed by atoms with Gasteiger partial charge in [0.05, 0.1) is 12.6 Å². The minimum atomic E-state index is -1.08. The number of hydrogen-bond acceptors (Lipinski definition) is 3. The summed E-state index contributed by atoms with van der Waals surface area (Å²) in [6.07, 6.45) is 0. The molecule has 1 atom stereocenters. The number of carbonyl (C=O) groups excluding carboxylic acids is 1. The molecule has 0 radical (unpaired) electrons. The fourth-order valence-electron chi connectivity index (χ4n) is 4.41. The molecule has 1 aliphatic heterocycles. The van der Waals surface area contributed by atoms with Gasteiger partial charge >= 0.3 is 0 Å². The zero-order valence-electron chi connectivity index (χ0n) is 20.6. The van der Waals surface area contributed by atoms with E-state index in [0.717, 1.165) is 11.1 Å². The molecular formula is C28H27F4N3O. The van der Waals surface area contributed by atoms with Crippen molar-refractivity contribution in [1.82, 2.24) is 10.2 Å². The van der Waals surface area contributed by atoms with Gasteiger partial charge in [-0.3, -0.25) is 4.79 Å². The van der Waals surface area contributed by atoms with Crippen molar-refractivity contribution >= 4 is 11.6 Å². The minimum absolute atomic E-state index is 0.0493. The molecule has 1 aliphatic rings. The summed E-state index contributed by atoms with van der Waals surface area (Å²) in [4.78, 5) is 16.7. The predicted molar refractivity (Wildman–Crippen MR) is 131 cm³/mol. The number of anilines is 1. The molecule has 0 saturated carbocycles. The fourth-order valence-corrected chi connectivity index (χ4v) is 4.41. The van der Waals surface area contributed by atoms with E-state index in [0.29, 0.717) is 34.8 Å². The highest BCUT2D eigenvalue weighted by Gasteiger charge is 2.31. The number of nitrogens with zero attached hydrogens (tertiary/aromatic N) is 2. The summed E-state index contributed by atoms with van der Waals surface area (Å²) in [5.41, 5.74) is 3.30. The third-order valence-electron chi connectivity index (χ3n) is 6.85. The molecular weight excluding hydrogens is 470 g/mol. The molecule has 4 nitrogen and oxygen atoms in total.